The van der Waals surface area contributed by atoms with Crippen molar-refractivity contribution in [3.63, 3.8) is 0 Å². The van der Waals surface area contributed by atoms with Crippen molar-refractivity contribution in [3.05, 3.63) is 58.7 Å². The highest BCUT2D eigenvalue weighted by molar-refractivity contribution is 5.95. The van der Waals surface area contributed by atoms with Gasteiger partial charge in [0.1, 0.15) is 5.75 Å². The Hall–Kier alpha value is -3.03. The number of ether oxygens (including phenoxy) is 2. The number of para-hydroxylation sites is 1. The molecule has 0 saturated heterocycles. The maximum atomic E-state index is 13.0. The van der Waals surface area contributed by atoms with E-state index in [2.05, 4.69) is 5.32 Å². The fourth-order valence-corrected chi connectivity index (χ4v) is 2.88. The van der Waals surface area contributed by atoms with Gasteiger partial charge >= 0.3 is 12.1 Å². The van der Waals surface area contributed by atoms with Gasteiger partial charge in [-0.25, -0.2) is 4.79 Å². The lowest BCUT2D eigenvalue weighted by Gasteiger charge is -2.17. The summed E-state index contributed by atoms with van der Waals surface area (Å²) in [6.07, 6.45) is -5.92. The lowest BCUT2D eigenvalue weighted by atomic mass is 10.1. The first-order chi connectivity index (χ1) is 13.5. The second kappa shape index (κ2) is 8.98. The van der Waals surface area contributed by atoms with E-state index in [-0.39, 0.29) is 0 Å². The molecule has 0 aliphatic rings. The van der Waals surface area contributed by atoms with Crippen molar-refractivity contribution in [2.24, 2.45) is 0 Å². The van der Waals surface area contributed by atoms with Gasteiger partial charge < -0.3 is 14.8 Å². The van der Waals surface area contributed by atoms with Gasteiger partial charge in [0.15, 0.2) is 12.7 Å². The number of alkyl halides is 3. The fraction of sp³-hybridized carbons (Fsp3) is 0.333. The predicted octanol–water partition coefficient (Wildman–Crippen LogP) is 4.58. The van der Waals surface area contributed by atoms with Crippen LogP contribution in [0.3, 0.4) is 0 Å². The number of benzene rings is 2. The molecular weight excluding hydrogens is 387 g/mol. The Bertz CT molecular complexity index is 886. The molecule has 1 atom stereocenters. The number of aryl methyl sites for hydroxylation is 3. The second-order valence-electron chi connectivity index (χ2n) is 6.68. The molecule has 8 heteroatoms. The third kappa shape index (κ3) is 5.97. The molecule has 0 aliphatic heterocycles. The van der Waals surface area contributed by atoms with E-state index in [9.17, 15) is 22.8 Å². The van der Waals surface area contributed by atoms with Crippen LogP contribution in [0.15, 0.2) is 36.4 Å². The maximum Gasteiger partial charge on any atom is 0.418 e. The Labute approximate surface area is 166 Å². The van der Waals surface area contributed by atoms with Gasteiger partial charge in [-0.1, -0.05) is 29.8 Å². The van der Waals surface area contributed by atoms with Crippen LogP contribution < -0.4 is 10.1 Å². The molecule has 0 fully saturated rings. The van der Waals surface area contributed by atoms with Crippen LogP contribution >= 0.6 is 0 Å². The Morgan fingerprint density at radius 3 is 2.24 bits per heavy atom. The first-order valence-corrected chi connectivity index (χ1v) is 8.86. The Balaban J connectivity index is 1.96. The number of carbonyl (C=O) groups is 2. The van der Waals surface area contributed by atoms with E-state index >= 15 is 0 Å². The minimum atomic E-state index is -4.62. The minimum absolute atomic E-state index is 0.407. The van der Waals surface area contributed by atoms with Crippen LogP contribution in [0.4, 0.5) is 18.9 Å². The number of amides is 1. The number of nitrogens with one attached hydrogen (secondary N) is 1. The summed E-state index contributed by atoms with van der Waals surface area (Å²) in [4.78, 5) is 24.1. The highest BCUT2D eigenvalue weighted by atomic mass is 19.4. The van der Waals surface area contributed by atoms with E-state index in [1.807, 2.05) is 32.9 Å². The average Bonchev–Trinajstić information content (AvgIpc) is 2.60. The summed E-state index contributed by atoms with van der Waals surface area (Å²) < 4.78 is 49.5. The standard InChI is InChI=1S/C21H22F3NO4/c1-12-9-13(2)19(14(3)10-12)28-11-18(26)29-15(4)20(27)25-17-8-6-5-7-16(17)21(22,23)24/h5-10,15H,11H2,1-4H3,(H,25,27)/t15-/m1/s1. The van der Waals surface area contributed by atoms with Crippen LogP contribution in [0, 0.1) is 20.8 Å². The maximum absolute atomic E-state index is 13.0. The zero-order valence-corrected chi connectivity index (χ0v) is 16.5. The summed E-state index contributed by atoms with van der Waals surface area (Å²) in [5.41, 5.74) is 1.37. The highest BCUT2D eigenvalue weighted by Gasteiger charge is 2.34. The summed E-state index contributed by atoms with van der Waals surface area (Å²) in [5, 5.41) is 2.14. The second-order valence-corrected chi connectivity index (χ2v) is 6.68. The molecule has 0 aliphatic carbocycles. The lowest BCUT2D eigenvalue weighted by Crippen LogP contribution is -2.32. The van der Waals surface area contributed by atoms with E-state index in [0.717, 1.165) is 28.8 Å². The summed E-state index contributed by atoms with van der Waals surface area (Å²) in [5.74, 6) is -1.14. The number of halogens is 3. The molecule has 2 aromatic rings. The van der Waals surface area contributed by atoms with Crippen LogP contribution in [-0.4, -0.2) is 24.6 Å². The molecule has 1 N–H and O–H groups in total. The monoisotopic (exact) mass is 409 g/mol. The zero-order valence-electron chi connectivity index (χ0n) is 16.5. The molecule has 2 rings (SSSR count). The SMILES string of the molecule is Cc1cc(C)c(OCC(=O)O[C@H](C)C(=O)Nc2ccccc2C(F)(F)F)c(C)c1. The molecule has 0 radical (unpaired) electrons. The number of esters is 1. The molecular formula is C21H22F3NO4. The van der Waals surface area contributed by atoms with Gasteiger partial charge in [0.25, 0.3) is 5.91 Å². The van der Waals surface area contributed by atoms with Crippen molar-refractivity contribution < 1.29 is 32.2 Å². The predicted molar refractivity (Wildman–Crippen MR) is 102 cm³/mol. The van der Waals surface area contributed by atoms with Crippen LogP contribution in [0.5, 0.6) is 5.75 Å². The van der Waals surface area contributed by atoms with Gasteiger partial charge in [0.2, 0.25) is 0 Å². The summed E-state index contributed by atoms with van der Waals surface area (Å²) >= 11 is 0. The Kier molecular flexibility index (Phi) is 6.89. The summed E-state index contributed by atoms with van der Waals surface area (Å²) in [7, 11) is 0. The molecule has 2 aromatic carbocycles. The number of hydrogen-bond acceptors (Lipinski definition) is 4. The van der Waals surface area contributed by atoms with E-state index in [0.29, 0.717) is 5.75 Å². The largest absolute Gasteiger partial charge is 0.481 e. The van der Waals surface area contributed by atoms with Gasteiger partial charge in [0.05, 0.1) is 11.3 Å². The van der Waals surface area contributed by atoms with Crippen molar-refractivity contribution in [3.8, 4) is 5.75 Å². The van der Waals surface area contributed by atoms with E-state index < -0.39 is 42.0 Å². The fourth-order valence-electron chi connectivity index (χ4n) is 2.88. The molecule has 0 aromatic heterocycles. The zero-order chi connectivity index (χ0) is 21.8. The number of rotatable bonds is 6. The first-order valence-electron chi connectivity index (χ1n) is 8.86. The minimum Gasteiger partial charge on any atom is -0.481 e. The average molecular weight is 409 g/mol. The van der Waals surface area contributed by atoms with Crippen LogP contribution in [0.25, 0.3) is 0 Å². The number of anilines is 1. The molecule has 0 bridgehead atoms. The quantitative estimate of drug-likeness (QED) is 0.710. The lowest BCUT2D eigenvalue weighted by molar-refractivity contribution is -0.155. The smallest absolute Gasteiger partial charge is 0.418 e. The number of hydrogen-bond donors (Lipinski definition) is 1. The molecule has 0 heterocycles. The third-order valence-corrected chi connectivity index (χ3v) is 4.11. The van der Waals surface area contributed by atoms with E-state index in [4.69, 9.17) is 9.47 Å². The first kappa shape index (κ1) is 22.3. The number of carbonyl (C=O) groups excluding carboxylic acids is 2. The molecule has 156 valence electrons. The van der Waals surface area contributed by atoms with Crippen molar-refractivity contribution in [2.45, 2.75) is 40.0 Å². The Morgan fingerprint density at radius 1 is 1.07 bits per heavy atom. The molecule has 0 unspecified atom stereocenters. The van der Waals surface area contributed by atoms with Crippen molar-refractivity contribution >= 4 is 17.6 Å². The summed E-state index contributed by atoms with van der Waals surface area (Å²) in [6, 6.07) is 8.37. The van der Waals surface area contributed by atoms with Crippen LogP contribution in [0.1, 0.15) is 29.2 Å². The Morgan fingerprint density at radius 2 is 1.66 bits per heavy atom. The van der Waals surface area contributed by atoms with Gasteiger partial charge in [-0.15, -0.1) is 0 Å². The van der Waals surface area contributed by atoms with Crippen molar-refractivity contribution in [2.75, 3.05) is 11.9 Å². The van der Waals surface area contributed by atoms with Crippen molar-refractivity contribution in [1.82, 2.24) is 0 Å². The molecule has 1 amide bonds. The normalized spacial score (nSPS) is 12.2. The van der Waals surface area contributed by atoms with E-state index in [1.54, 1.807) is 0 Å². The van der Waals surface area contributed by atoms with Crippen molar-refractivity contribution in [1.29, 1.82) is 0 Å². The molecule has 0 saturated carbocycles. The van der Waals surface area contributed by atoms with Gasteiger partial charge in [0, 0.05) is 0 Å². The molecule has 5 nitrogen and oxygen atoms in total. The van der Waals surface area contributed by atoms with Gasteiger partial charge in [-0.3, -0.25) is 4.79 Å². The highest BCUT2D eigenvalue weighted by Crippen LogP contribution is 2.34. The molecule has 0 spiro atoms. The topological polar surface area (TPSA) is 64.6 Å². The molecule has 29 heavy (non-hydrogen) atoms. The van der Waals surface area contributed by atoms with Crippen LogP contribution in [0.2, 0.25) is 0 Å². The third-order valence-electron chi connectivity index (χ3n) is 4.11. The summed E-state index contributed by atoms with van der Waals surface area (Å²) in [6.45, 7) is 6.46. The van der Waals surface area contributed by atoms with E-state index in [1.165, 1.54) is 19.1 Å². The van der Waals surface area contributed by atoms with Gasteiger partial charge in [-0.05, 0) is 51.0 Å². The van der Waals surface area contributed by atoms with Gasteiger partial charge in [-0.2, -0.15) is 13.2 Å². The van der Waals surface area contributed by atoms with Crippen LogP contribution in [-0.2, 0) is 20.5 Å².